The van der Waals surface area contributed by atoms with Gasteiger partial charge in [0.2, 0.25) is 0 Å². The maximum Gasteiger partial charge on any atom is 0.253 e. The zero-order valence-corrected chi connectivity index (χ0v) is 19.1. The number of ether oxygens (including phenoxy) is 1. The molecule has 5 rings (SSSR count). The van der Waals surface area contributed by atoms with E-state index in [1.54, 1.807) is 0 Å². The molecule has 2 heterocycles. The Morgan fingerprint density at radius 1 is 0.970 bits per heavy atom. The third-order valence-corrected chi connectivity index (χ3v) is 6.13. The molecule has 2 aliphatic rings. The van der Waals surface area contributed by atoms with Gasteiger partial charge in [0.05, 0.1) is 0 Å². The monoisotopic (exact) mass is 462 g/mol. The molecule has 33 heavy (non-hydrogen) atoms. The first kappa shape index (κ1) is 22.7. The summed E-state index contributed by atoms with van der Waals surface area (Å²) in [5.74, 6) is 1.34. The Hall–Kier alpha value is -3.51. The Bertz CT molecular complexity index is 1140. The SMILES string of the molecule is Cl.NC1=NC2(CCN(C(=O)c3ccc(OCc4ccccc4)cc3)CC2)Nc2ccccc21. The average molecular weight is 463 g/mol. The number of anilines is 1. The highest BCUT2D eigenvalue weighted by Crippen LogP contribution is 2.34. The second-order valence-electron chi connectivity index (χ2n) is 8.29. The number of piperidine rings is 1. The van der Waals surface area contributed by atoms with Crippen LogP contribution >= 0.6 is 12.4 Å². The van der Waals surface area contributed by atoms with Gasteiger partial charge >= 0.3 is 0 Å². The fourth-order valence-electron chi connectivity index (χ4n) is 4.32. The third kappa shape index (κ3) is 4.81. The second kappa shape index (κ2) is 9.55. The van der Waals surface area contributed by atoms with Crippen LogP contribution in [-0.2, 0) is 6.61 Å². The molecule has 0 saturated carbocycles. The molecule has 1 spiro atoms. The molecule has 6 nitrogen and oxygen atoms in total. The van der Waals surface area contributed by atoms with E-state index in [9.17, 15) is 4.79 Å². The number of fused-ring (bicyclic) bond motifs is 1. The number of para-hydroxylation sites is 1. The zero-order valence-electron chi connectivity index (χ0n) is 18.2. The standard InChI is InChI=1S/C26H26N4O2.ClH/c27-24-22-8-4-5-9-23(22)28-26(29-24)14-16-30(17-15-26)25(31)20-10-12-21(13-11-20)32-18-19-6-2-1-3-7-19;/h1-13,28H,14-18H2,(H2,27,29);1H. The van der Waals surface area contributed by atoms with Gasteiger partial charge in [0.1, 0.15) is 23.9 Å². The van der Waals surface area contributed by atoms with Gasteiger partial charge in [-0.15, -0.1) is 12.4 Å². The molecular formula is C26H27ClN4O2. The number of likely N-dealkylation sites (tertiary alicyclic amines) is 1. The van der Waals surface area contributed by atoms with Crippen LogP contribution in [0.4, 0.5) is 5.69 Å². The van der Waals surface area contributed by atoms with Crippen LogP contribution in [0.3, 0.4) is 0 Å². The van der Waals surface area contributed by atoms with E-state index in [0.717, 1.165) is 22.6 Å². The van der Waals surface area contributed by atoms with Crippen LogP contribution < -0.4 is 15.8 Å². The summed E-state index contributed by atoms with van der Waals surface area (Å²) < 4.78 is 5.83. The fraction of sp³-hybridized carbons (Fsp3) is 0.231. The van der Waals surface area contributed by atoms with Gasteiger partial charge in [-0.3, -0.25) is 4.79 Å². The summed E-state index contributed by atoms with van der Waals surface area (Å²) in [6.45, 7) is 1.75. The molecule has 0 bridgehead atoms. The molecule has 1 amide bonds. The van der Waals surface area contributed by atoms with E-state index in [-0.39, 0.29) is 18.3 Å². The maximum atomic E-state index is 13.0. The Labute approximate surface area is 199 Å². The number of rotatable bonds is 4. The first-order valence-corrected chi connectivity index (χ1v) is 10.9. The molecule has 1 fully saturated rings. The predicted octanol–water partition coefficient (Wildman–Crippen LogP) is 4.45. The van der Waals surface area contributed by atoms with Gasteiger partial charge in [-0.25, -0.2) is 4.99 Å². The summed E-state index contributed by atoms with van der Waals surface area (Å²) in [5, 5.41) is 3.55. The van der Waals surface area contributed by atoms with Gasteiger partial charge < -0.3 is 20.7 Å². The molecule has 2 aliphatic heterocycles. The van der Waals surface area contributed by atoms with Crippen LogP contribution in [-0.4, -0.2) is 35.4 Å². The van der Waals surface area contributed by atoms with Crippen molar-refractivity contribution < 1.29 is 9.53 Å². The lowest BCUT2D eigenvalue weighted by Crippen LogP contribution is -2.52. The minimum absolute atomic E-state index is 0. The number of amidine groups is 1. The summed E-state index contributed by atoms with van der Waals surface area (Å²) >= 11 is 0. The summed E-state index contributed by atoms with van der Waals surface area (Å²) in [6, 6.07) is 25.3. The number of carbonyl (C=O) groups is 1. The van der Waals surface area contributed by atoms with E-state index < -0.39 is 5.66 Å². The highest BCUT2D eigenvalue weighted by Gasteiger charge is 2.38. The molecule has 3 aromatic carbocycles. The van der Waals surface area contributed by atoms with Crippen molar-refractivity contribution in [1.82, 2.24) is 4.90 Å². The second-order valence-corrected chi connectivity index (χ2v) is 8.29. The Morgan fingerprint density at radius 2 is 1.64 bits per heavy atom. The summed E-state index contributed by atoms with van der Waals surface area (Å²) in [7, 11) is 0. The van der Waals surface area contributed by atoms with Gasteiger partial charge in [0.25, 0.3) is 5.91 Å². The first-order chi connectivity index (χ1) is 15.6. The van der Waals surface area contributed by atoms with Crippen molar-refractivity contribution in [2.75, 3.05) is 18.4 Å². The van der Waals surface area contributed by atoms with Gasteiger partial charge in [-0.2, -0.15) is 0 Å². The van der Waals surface area contributed by atoms with Crippen molar-refractivity contribution in [1.29, 1.82) is 0 Å². The molecular weight excluding hydrogens is 436 g/mol. The van der Waals surface area contributed by atoms with Crippen molar-refractivity contribution in [2.24, 2.45) is 10.7 Å². The predicted molar refractivity (Wildman–Crippen MR) is 133 cm³/mol. The van der Waals surface area contributed by atoms with Crippen molar-refractivity contribution in [3.63, 3.8) is 0 Å². The molecule has 0 radical (unpaired) electrons. The number of halogens is 1. The number of nitrogens with zero attached hydrogens (tertiary/aromatic N) is 2. The normalized spacial score (nSPS) is 16.1. The molecule has 0 atom stereocenters. The number of aliphatic imine (C=N–C) groups is 1. The topological polar surface area (TPSA) is 80.0 Å². The number of benzene rings is 3. The van der Waals surface area contributed by atoms with Gasteiger partial charge in [-0.1, -0.05) is 42.5 Å². The van der Waals surface area contributed by atoms with Crippen molar-refractivity contribution in [3.8, 4) is 5.75 Å². The first-order valence-electron chi connectivity index (χ1n) is 10.9. The van der Waals surface area contributed by atoms with Crippen LogP contribution in [0.25, 0.3) is 0 Å². The fourth-order valence-corrected chi connectivity index (χ4v) is 4.32. The van der Waals surface area contributed by atoms with Crippen LogP contribution in [0, 0.1) is 0 Å². The quantitative estimate of drug-likeness (QED) is 0.600. The van der Waals surface area contributed by atoms with E-state index in [4.69, 9.17) is 15.5 Å². The van der Waals surface area contributed by atoms with Crippen LogP contribution in [0.1, 0.15) is 34.3 Å². The van der Waals surface area contributed by atoms with Crippen LogP contribution in [0.15, 0.2) is 83.9 Å². The average Bonchev–Trinajstić information content (AvgIpc) is 2.84. The van der Waals surface area contributed by atoms with Crippen molar-refractivity contribution in [3.05, 3.63) is 95.6 Å². The van der Waals surface area contributed by atoms with Crippen LogP contribution in [0.2, 0.25) is 0 Å². The van der Waals surface area contributed by atoms with Crippen molar-refractivity contribution >= 4 is 29.8 Å². The number of nitrogens with one attached hydrogen (secondary N) is 1. The number of carbonyl (C=O) groups excluding carboxylic acids is 1. The number of hydrogen-bond donors (Lipinski definition) is 2. The highest BCUT2D eigenvalue weighted by molar-refractivity contribution is 6.04. The molecule has 0 aliphatic carbocycles. The van der Waals surface area contributed by atoms with Crippen molar-refractivity contribution in [2.45, 2.75) is 25.1 Å². The van der Waals surface area contributed by atoms with Gasteiger partial charge in [0.15, 0.2) is 0 Å². The number of nitrogens with two attached hydrogens (primary N) is 1. The van der Waals surface area contributed by atoms with E-state index in [1.807, 2.05) is 83.8 Å². The minimum atomic E-state index is -0.440. The maximum absolute atomic E-state index is 13.0. The van der Waals surface area contributed by atoms with Crippen LogP contribution in [0.5, 0.6) is 5.75 Å². The lowest BCUT2D eigenvalue weighted by Gasteiger charge is -2.42. The molecule has 1 saturated heterocycles. The molecule has 3 aromatic rings. The zero-order chi connectivity index (χ0) is 22.0. The van der Waals surface area contributed by atoms with Gasteiger partial charge in [0, 0.05) is 42.7 Å². The van der Waals surface area contributed by atoms with E-state index in [0.29, 0.717) is 43.9 Å². The van der Waals surface area contributed by atoms with E-state index >= 15 is 0 Å². The Balaban J connectivity index is 0.00000259. The summed E-state index contributed by atoms with van der Waals surface area (Å²) in [6.07, 6.45) is 1.43. The Kier molecular flexibility index (Phi) is 6.56. The van der Waals surface area contributed by atoms with Gasteiger partial charge in [-0.05, 0) is 42.0 Å². The largest absolute Gasteiger partial charge is 0.489 e. The van der Waals surface area contributed by atoms with E-state index in [1.165, 1.54) is 0 Å². The minimum Gasteiger partial charge on any atom is -0.489 e. The number of amides is 1. The molecule has 3 N–H and O–H groups in total. The molecule has 0 unspecified atom stereocenters. The molecule has 170 valence electrons. The molecule has 0 aromatic heterocycles. The summed E-state index contributed by atoms with van der Waals surface area (Å²) in [5.41, 5.74) is 9.51. The smallest absolute Gasteiger partial charge is 0.253 e. The Morgan fingerprint density at radius 3 is 2.36 bits per heavy atom. The lowest BCUT2D eigenvalue weighted by atomic mass is 9.93. The van der Waals surface area contributed by atoms with E-state index in [2.05, 4.69) is 5.32 Å². The number of hydrogen-bond acceptors (Lipinski definition) is 5. The third-order valence-electron chi connectivity index (χ3n) is 6.13. The molecule has 7 heteroatoms. The summed E-state index contributed by atoms with van der Waals surface area (Å²) in [4.78, 5) is 19.7. The highest BCUT2D eigenvalue weighted by atomic mass is 35.5. The lowest BCUT2D eigenvalue weighted by molar-refractivity contribution is 0.0685.